The molecule has 0 saturated carbocycles. The Morgan fingerprint density at radius 2 is 1.88 bits per heavy atom. The van der Waals surface area contributed by atoms with Gasteiger partial charge in [-0.3, -0.25) is 0 Å². The van der Waals surface area contributed by atoms with Crippen LogP contribution in [0.4, 0.5) is 0 Å². The molecular weight excluding hydrogens is 207 g/mol. The van der Waals surface area contributed by atoms with Gasteiger partial charge < -0.3 is 4.55 Å². The summed E-state index contributed by atoms with van der Waals surface area (Å²) < 4.78 is 28.9. The van der Waals surface area contributed by atoms with Crippen LogP contribution in [0.25, 0.3) is 0 Å². The minimum Gasteiger partial charge on any atom is -0.748 e. The van der Waals surface area contributed by atoms with Gasteiger partial charge in [0, 0.05) is 40.6 Å². The van der Waals surface area contributed by atoms with E-state index in [1.807, 2.05) is 0 Å². The summed E-state index contributed by atoms with van der Waals surface area (Å²) in [5, 5.41) is 0.221. The summed E-state index contributed by atoms with van der Waals surface area (Å²) in [5.74, 6) is -0.326. The predicted molar refractivity (Wildman–Crippen MR) is 34.1 cm³/mol. The summed E-state index contributed by atoms with van der Waals surface area (Å²) in [5.41, 5.74) is 0. The largest absolute Gasteiger partial charge is 0.748 e. The molecule has 0 fully saturated rings. The van der Waals surface area contributed by atoms with Crippen molar-refractivity contribution in [3.8, 4) is 0 Å². The first kappa shape index (κ1) is 12.1. The molecule has 0 aromatic rings. The van der Waals surface area contributed by atoms with Crippen molar-refractivity contribution in [3.63, 3.8) is 0 Å². The van der Waals surface area contributed by atoms with Crippen molar-refractivity contribution in [2.24, 2.45) is 0 Å². The molecule has 6 heteroatoms. The summed E-state index contributed by atoms with van der Waals surface area (Å²) >= 11 is 2.81. The van der Waals surface area contributed by atoms with Crippen LogP contribution in [0.1, 0.15) is 0 Å². The average molecular weight is 211 g/mol. The fourth-order valence-corrected chi connectivity index (χ4v) is 1.47. The first-order chi connectivity index (χ1) is 3.06. The third-order valence-corrected chi connectivity index (χ3v) is 1.95. The molecule has 3 nitrogen and oxygen atoms in total. The predicted octanol–water partition coefficient (Wildman–Crippen LogP) is -0.454. The molecule has 0 aliphatic carbocycles. The van der Waals surface area contributed by atoms with Crippen LogP contribution >= 0.6 is 15.9 Å². The third-order valence-electron chi connectivity index (χ3n) is 0.327. The van der Waals surface area contributed by atoms with E-state index in [4.69, 9.17) is 0 Å². The van der Waals surface area contributed by atoms with Crippen LogP contribution in [0, 0.1) is 0 Å². The summed E-state index contributed by atoms with van der Waals surface area (Å²) in [6.45, 7) is 0. The Balaban J connectivity index is 0. The monoisotopic (exact) mass is 210 g/mol. The maximum absolute atomic E-state index is 9.65. The van der Waals surface area contributed by atoms with Crippen LogP contribution in [0.5, 0.6) is 0 Å². The van der Waals surface area contributed by atoms with Gasteiger partial charge >= 0.3 is 0 Å². The van der Waals surface area contributed by atoms with Crippen molar-refractivity contribution in [2.75, 3.05) is 11.1 Å². The van der Waals surface area contributed by atoms with E-state index < -0.39 is 10.1 Å². The van der Waals surface area contributed by atoms with E-state index in [-0.39, 0.29) is 40.6 Å². The average Bonchev–Trinajstić information content (AvgIpc) is 1.30. The minimum absolute atomic E-state index is 0. The first-order valence-corrected chi connectivity index (χ1v) is 4.25. The topological polar surface area (TPSA) is 57.2 Å². The van der Waals surface area contributed by atoms with Gasteiger partial charge in [0.1, 0.15) is 0 Å². The van der Waals surface area contributed by atoms with E-state index in [1.54, 1.807) is 0 Å². The van der Waals surface area contributed by atoms with Gasteiger partial charge in [-0.15, -0.1) is 0 Å². The normalized spacial score (nSPS) is 10.2. The standard InChI is InChI=1S/C2H5BrO3S.Na/c3-1-2-7(4,5)6;/h1-2H2,(H,4,5,6);/p-1. The van der Waals surface area contributed by atoms with Crippen molar-refractivity contribution in [1.82, 2.24) is 0 Å². The molecule has 0 amide bonds. The van der Waals surface area contributed by atoms with Crippen molar-refractivity contribution < 1.29 is 13.0 Å². The van der Waals surface area contributed by atoms with Crippen LogP contribution in [-0.4, -0.2) is 53.6 Å². The molecule has 0 saturated heterocycles. The van der Waals surface area contributed by atoms with Crippen LogP contribution in [0.3, 0.4) is 0 Å². The van der Waals surface area contributed by atoms with Crippen molar-refractivity contribution in [2.45, 2.75) is 0 Å². The number of hydrogen-bond donors (Lipinski definition) is 0. The Labute approximate surface area is 79.0 Å². The fourth-order valence-electron chi connectivity index (χ4n) is 0.0945. The number of alkyl halides is 1. The maximum Gasteiger partial charge on any atom is 0.0954 e. The number of halogens is 1. The molecule has 0 bridgehead atoms. The van der Waals surface area contributed by atoms with Gasteiger partial charge in [0.25, 0.3) is 0 Å². The zero-order valence-corrected chi connectivity index (χ0v) is 8.83. The molecule has 45 valence electrons. The molecule has 0 aromatic heterocycles. The SMILES string of the molecule is O=S(=O)([O-])CCBr.[Na]. The van der Waals surface area contributed by atoms with E-state index in [9.17, 15) is 13.0 Å². The zero-order chi connectivity index (χ0) is 5.91. The van der Waals surface area contributed by atoms with Crippen molar-refractivity contribution in [1.29, 1.82) is 0 Å². The third kappa shape index (κ3) is 10.4. The Morgan fingerprint density at radius 1 is 1.50 bits per heavy atom. The zero-order valence-electron chi connectivity index (χ0n) is 4.43. The van der Waals surface area contributed by atoms with Gasteiger partial charge in [0.05, 0.1) is 10.1 Å². The molecule has 0 aliphatic heterocycles. The van der Waals surface area contributed by atoms with Gasteiger partial charge in [-0.25, -0.2) is 8.42 Å². The fraction of sp³-hybridized carbons (Fsp3) is 1.00. The minimum atomic E-state index is -3.97. The molecule has 0 heterocycles. The molecule has 0 spiro atoms. The Hall–Kier alpha value is 1.39. The van der Waals surface area contributed by atoms with E-state index in [1.165, 1.54) is 0 Å². The second-order valence-corrected chi connectivity index (χ2v) is 3.27. The molecule has 0 aliphatic rings. The van der Waals surface area contributed by atoms with Crippen LogP contribution in [-0.2, 0) is 10.1 Å². The second kappa shape index (κ2) is 5.20. The molecule has 0 rings (SSSR count). The van der Waals surface area contributed by atoms with Gasteiger partial charge in [-0.05, 0) is 0 Å². The summed E-state index contributed by atoms with van der Waals surface area (Å²) in [6.07, 6.45) is 0. The summed E-state index contributed by atoms with van der Waals surface area (Å²) in [6, 6.07) is 0. The van der Waals surface area contributed by atoms with Gasteiger partial charge in [-0.2, -0.15) is 0 Å². The smallest absolute Gasteiger partial charge is 0.0954 e. The number of rotatable bonds is 2. The molecule has 8 heavy (non-hydrogen) atoms. The van der Waals surface area contributed by atoms with Crippen LogP contribution < -0.4 is 0 Å². The van der Waals surface area contributed by atoms with E-state index >= 15 is 0 Å². The Morgan fingerprint density at radius 3 is 1.88 bits per heavy atom. The van der Waals surface area contributed by atoms with E-state index in [2.05, 4.69) is 15.9 Å². The summed E-state index contributed by atoms with van der Waals surface area (Å²) in [7, 11) is -3.97. The van der Waals surface area contributed by atoms with Gasteiger partial charge in [0.2, 0.25) is 0 Å². The first-order valence-electron chi connectivity index (χ1n) is 1.56. The van der Waals surface area contributed by atoms with Gasteiger partial charge in [0.15, 0.2) is 0 Å². The van der Waals surface area contributed by atoms with Crippen LogP contribution in [0.2, 0.25) is 0 Å². The molecule has 0 N–H and O–H groups in total. The summed E-state index contributed by atoms with van der Waals surface area (Å²) in [4.78, 5) is 0. The molecule has 1 radical (unpaired) electrons. The Kier molecular flexibility index (Phi) is 7.86. The van der Waals surface area contributed by atoms with Crippen molar-refractivity contribution >= 4 is 55.6 Å². The van der Waals surface area contributed by atoms with Crippen LogP contribution in [0.15, 0.2) is 0 Å². The molecular formula is C2H4BrNaO3S-. The van der Waals surface area contributed by atoms with Crippen molar-refractivity contribution in [3.05, 3.63) is 0 Å². The quantitative estimate of drug-likeness (QED) is 0.353. The maximum atomic E-state index is 9.65. The molecule has 0 unspecified atom stereocenters. The Bertz CT molecular complexity index is 130. The number of hydrogen-bond acceptors (Lipinski definition) is 3. The van der Waals surface area contributed by atoms with E-state index in [0.29, 0.717) is 0 Å². The second-order valence-electron chi connectivity index (χ2n) is 0.951. The van der Waals surface area contributed by atoms with E-state index in [0.717, 1.165) is 0 Å². The molecule has 0 atom stereocenters. The molecule has 0 aromatic carbocycles. The van der Waals surface area contributed by atoms with Gasteiger partial charge in [-0.1, -0.05) is 15.9 Å².